The molecule has 2 aromatic rings. The number of methoxy groups -OCH3 is 2. The van der Waals surface area contributed by atoms with E-state index in [1.807, 2.05) is 0 Å². The van der Waals surface area contributed by atoms with E-state index in [1.165, 1.54) is 37.1 Å². The fraction of sp³-hybridized carbons (Fsp3) is 0.308. The van der Waals surface area contributed by atoms with Gasteiger partial charge >= 0.3 is 5.97 Å². The first-order valence-electron chi connectivity index (χ1n) is 6.00. The number of carbonyl (C=O) groups excluding carboxylic acids is 1. The van der Waals surface area contributed by atoms with Gasteiger partial charge in [-0.3, -0.25) is 0 Å². The van der Waals surface area contributed by atoms with Crippen molar-refractivity contribution >= 4 is 17.6 Å². The molecule has 0 amide bonds. The minimum Gasteiger partial charge on any atom is -0.464 e. The van der Waals surface area contributed by atoms with Gasteiger partial charge in [-0.1, -0.05) is 16.8 Å². The highest BCUT2D eigenvalue weighted by Gasteiger charge is 2.20. The van der Waals surface area contributed by atoms with Crippen LogP contribution in [0.15, 0.2) is 18.2 Å². The molecule has 0 aliphatic heterocycles. The quantitative estimate of drug-likeness (QED) is 0.790. The molecule has 0 saturated heterocycles. The highest BCUT2D eigenvalue weighted by molar-refractivity contribution is 6.30. The van der Waals surface area contributed by atoms with E-state index in [0.717, 1.165) is 0 Å². The molecule has 21 heavy (non-hydrogen) atoms. The van der Waals surface area contributed by atoms with Crippen LogP contribution in [0.1, 0.15) is 21.7 Å². The molecule has 0 bridgehead atoms. The van der Waals surface area contributed by atoms with Crippen LogP contribution in [0, 0.1) is 5.82 Å². The number of aromatic nitrogens is 3. The Kier molecular flexibility index (Phi) is 4.87. The summed E-state index contributed by atoms with van der Waals surface area (Å²) in [5.41, 5.74) is 0.784. The van der Waals surface area contributed by atoms with Gasteiger partial charge in [0.15, 0.2) is 5.69 Å². The molecule has 8 heteroatoms. The molecule has 0 saturated carbocycles. The summed E-state index contributed by atoms with van der Waals surface area (Å²) >= 11 is 5.85. The summed E-state index contributed by atoms with van der Waals surface area (Å²) in [6.45, 7) is 0.175. The summed E-state index contributed by atoms with van der Waals surface area (Å²) in [7, 11) is 2.72. The van der Waals surface area contributed by atoms with E-state index in [-0.39, 0.29) is 18.8 Å². The molecule has 112 valence electrons. The second kappa shape index (κ2) is 6.64. The Hall–Kier alpha value is -1.99. The number of benzene rings is 1. The molecule has 0 aliphatic rings. The van der Waals surface area contributed by atoms with Crippen LogP contribution in [-0.2, 0) is 22.6 Å². The normalized spacial score (nSPS) is 10.7. The summed E-state index contributed by atoms with van der Waals surface area (Å²) in [6, 6.07) is 4.22. The van der Waals surface area contributed by atoms with Crippen molar-refractivity contribution in [1.82, 2.24) is 15.0 Å². The van der Waals surface area contributed by atoms with Gasteiger partial charge in [0.25, 0.3) is 0 Å². The van der Waals surface area contributed by atoms with E-state index in [1.54, 1.807) is 0 Å². The molecule has 0 unspecified atom stereocenters. The number of rotatable bonds is 5. The third-order valence-corrected chi connectivity index (χ3v) is 3.06. The summed E-state index contributed by atoms with van der Waals surface area (Å²) in [4.78, 5) is 11.6. The van der Waals surface area contributed by atoms with Crippen LogP contribution in [0.5, 0.6) is 0 Å². The van der Waals surface area contributed by atoms with E-state index < -0.39 is 11.8 Å². The van der Waals surface area contributed by atoms with E-state index in [9.17, 15) is 9.18 Å². The lowest BCUT2D eigenvalue weighted by Gasteiger charge is -2.08. The molecular weight excluding hydrogens is 301 g/mol. The molecular formula is C13H13ClFN3O3. The zero-order chi connectivity index (χ0) is 15.4. The maximum Gasteiger partial charge on any atom is 0.360 e. The Morgan fingerprint density at radius 3 is 2.86 bits per heavy atom. The minimum absolute atomic E-state index is 0.0433. The Labute approximate surface area is 125 Å². The highest BCUT2D eigenvalue weighted by Crippen LogP contribution is 2.17. The van der Waals surface area contributed by atoms with Crippen LogP contribution in [0.25, 0.3) is 0 Å². The molecule has 6 nitrogen and oxygen atoms in total. The molecule has 0 aliphatic carbocycles. The molecule has 0 atom stereocenters. The molecule has 0 N–H and O–H groups in total. The number of hydrogen-bond donors (Lipinski definition) is 0. The third kappa shape index (κ3) is 3.37. The highest BCUT2D eigenvalue weighted by atomic mass is 35.5. The van der Waals surface area contributed by atoms with Crippen molar-refractivity contribution in [2.45, 2.75) is 13.2 Å². The zero-order valence-electron chi connectivity index (χ0n) is 11.5. The van der Waals surface area contributed by atoms with Crippen LogP contribution < -0.4 is 0 Å². The number of carbonyl (C=O) groups is 1. The van der Waals surface area contributed by atoms with Crippen LogP contribution in [0.4, 0.5) is 4.39 Å². The zero-order valence-corrected chi connectivity index (χ0v) is 12.2. The Morgan fingerprint density at radius 1 is 1.43 bits per heavy atom. The van der Waals surface area contributed by atoms with Gasteiger partial charge in [0.2, 0.25) is 0 Å². The first kappa shape index (κ1) is 15.4. The summed E-state index contributed by atoms with van der Waals surface area (Å²) in [6.07, 6.45) is 0. The lowest BCUT2D eigenvalue weighted by Crippen LogP contribution is -2.12. The summed E-state index contributed by atoms with van der Waals surface area (Å²) < 4.78 is 24.8. The number of hydrogen-bond acceptors (Lipinski definition) is 5. The van der Waals surface area contributed by atoms with E-state index in [0.29, 0.717) is 16.3 Å². The van der Waals surface area contributed by atoms with Crippen molar-refractivity contribution in [2.24, 2.45) is 0 Å². The van der Waals surface area contributed by atoms with Gasteiger partial charge in [0.05, 0.1) is 26.0 Å². The molecule has 2 rings (SSSR count). The molecule has 0 radical (unpaired) electrons. The molecule has 1 aromatic carbocycles. The van der Waals surface area contributed by atoms with Crippen molar-refractivity contribution in [2.75, 3.05) is 14.2 Å². The predicted molar refractivity (Wildman–Crippen MR) is 72.6 cm³/mol. The first-order valence-corrected chi connectivity index (χ1v) is 6.38. The largest absolute Gasteiger partial charge is 0.464 e. The van der Waals surface area contributed by atoms with Crippen LogP contribution in [-0.4, -0.2) is 35.2 Å². The fourth-order valence-corrected chi connectivity index (χ4v) is 2.02. The average molecular weight is 314 g/mol. The lowest BCUT2D eigenvalue weighted by molar-refractivity contribution is 0.0588. The van der Waals surface area contributed by atoms with E-state index in [4.69, 9.17) is 16.3 Å². The second-order valence-corrected chi connectivity index (χ2v) is 4.64. The standard InChI is InChI=1S/C13H13ClFN3O3/c1-20-7-11-12(13(19)21-2)16-17-18(11)6-8-5-9(14)3-4-10(8)15/h3-5H,6-7H2,1-2H3. The van der Waals surface area contributed by atoms with Gasteiger partial charge in [-0.2, -0.15) is 0 Å². The molecule has 0 fully saturated rings. The van der Waals surface area contributed by atoms with Crippen molar-refractivity contribution in [3.63, 3.8) is 0 Å². The Balaban J connectivity index is 2.37. The van der Waals surface area contributed by atoms with Gasteiger partial charge in [-0.15, -0.1) is 5.10 Å². The van der Waals surface area contributed by atoms with Crippen LogP contribution in [0.2, 0.25) is 5.02 Å². The van der Waals surface area contributed by atoms with Gasteiger partial charge < -0.3 is 9.47 Å². The van der Waals surface area contributed by atoms with E-state index in [2.05, 4.69) is 15.0 Å². The van der Waals surface area contributed by atoms with Crippen molar-refractivity contribution in [3.8, 4) is 0 Å². The number of nitrogens with zero attached hydrogens (tertiary/aromatic N) is 3. The molecule has 0 spiro atoms. The van der Waals surface area contributed by atoms with Gasteiger partial charge in [-0.25, -0.2) is 13.9 Å². The van der Waals surface area contributed by atoms with Gasteiger partial charge in [-0.05, 0) is 18.2 Å². The van der Waals surface area contributed by atoms with E-state index >= 15 is 0 Å². The monoisotopic (exact) mass is 313 g/mol. The van der Waals surface area contributed by atoms with Gasteiger partial charge in [0.1, 0.15) is 5.82 Å². The second-order valence-electron chi connectivity index (χ2n) is 4.20. The Morgan fingerprint density at radius 2 is 2.19 bits per heavy atom. The fourth-order valence-electron chi connectivity index (χ4n) is 1.82. The minimum atomic E-state index is -0.625. The molecule has 1 heterocycles. The third-order valence-electron chi connectivity index (χ3n) is 2.83. The van der Waals surface area contributed by atoms with Crippen molar-refractivity contribution in [3.05, 3.63) is 46.0 Å². The summed E-state index contributed by atoms with van der Waals surface area (Å²) in [5.74, 6) is -1.04. The first-order chi connectivity index (χ1) is 10.1. The predicted octanol–water partition coefficient (Wildman–Crippen LogP) is 2.05. The molecule has 1 aromatic heterocycles. The number of halogens is 2. The number of esters is 1. The maximum atomic E-state index is 13.8. The van der Waals surface area contributed by atoms with Gasteiger partial charge in [0, 0.05) is 17.7 Å². The maximum absolute atomic E-state index is 13.8. The topological polar surface area (TPSA) is 66.2 Å². The smallest absolute Gasteiger partial charge is 0.360 e. The SMILES string of the molecule is COCc1c(C(=O)OC)nnn1Cc1cc(Cl)ccc1F. The average Bonchev–Trinajstić information content (AvgIpc) is 2.85. The Bertz CT molecular complexity index is 660. The van der Waals surface area contributed by atoms with Crippen LogP contribution in [0.3, 0.4) is 0 Å². The summed E-state index contributed by atoms with van der Waals surface area (Å²) in [5, 5.41) is 8.01. The number of ether oxygens (including phenoxy) is 2. The van der Waals surface area contributed by atoms with Crippen LogP contribution >= 0.6 is 11.6 Å². The van der Waals surface area contributed by atoms with Crippen molar-refractivity contribution < 1.29 is 18.7 Å². The lowest BCUT2D eigenvalue weighted by atomic mass is 10.2. The van der Waals surface area contributed by atoms with Crippen molar-refractivity contribution in [1.29, 1.82) is 0 Å².